The zero-order valence-corrected chi connectivity index (χ0v) is 11.9. The Labute approximate surface area is 126 Å². The maximum atomic E-state index is 12.0. The zero-order valence-electron chi connectivity index (χ0n) is 11.2. The van der Waals surface area contributed by atoms with Crippen molar-refractivity contribution in [1.82, 2.24) is 4.57 Å². The van der Waals surface area contributed by atoms with Gasteiger partial charge in [0.2, 0.25) is 0 Å². The number of nitro groups is 1. The molecule has 0 amide bonds. The Morgan fingerprint density at radius 1 is 1.38 bits per heavy atom. The highest BCUT2D eigenvalue weighted by Gasteiger charge is 2.30. The molecule has 2 aromatic rings. The number of carbonyl (C=O) groups excluding carboxylic acids is 1. The average molecular weight is 305 g/mol. The van der Waals surface area contributed by atoms with Crippen LogP contribution in [-0.4, -0.2) is 15.3 Å². The summed E-state index contributed by atoms with van der Waals surface area (Å²) in [6.07, 6.45) is 5.43. The minimum Gasteiger partial charge on any atom is -0.349 e. The largest absolute Gasteiger partial charge is 0.349 e. The Balaban J connectivity index is 1.85. The van der Waals surface area contributed by atoms with E-state index >= 15 is 0 Å². The van der Waals surface area contributed by atoms with Crippen LogP contribution in [0.5, 0.6) is 0 Å². The van der Waals surface area contributed by atoms with Crippen molar-refractivity contribution in [2.24, 2.45) is 5.92 Å². The quantitative estimate of drug-likeness (QED) is 0.480. The summed E-state index contributed by atoms with van der Waals surface area (Å²) in [6, 6.07) is 6.25. The Morgan fingerprint density at radius 2 is 2.14 bits per heavy atom. The van der Waals surface area contributed by atoms with Crippen LogP contribution < -0.4 is 0 Å². The smallest absolute Gasteiger partial charge is 0.274 e. The Hall–Kier alpha value is -2.14. The molecule has 0 bridgehead atoms. The number of nitrogens with zero attached hydrogens (tertiary/aromatic N) is 2. The Bertz CT molecular complexity index is 719. The summed E-state index contributed by atoms with van der Waals surface area (Å²) < 4.78 is 1.77. The number of Topliss-reactive ketones (excluding diaryl/α,β-unsaturated/α-hetero) is 1. The molecule has 0 N–H and O–H groups in total. The SMILES string of the molecule is O=C(c1ccn(Cc2cc(Cl)ccc2[N+](=O)[O-])c1)C1CC1. The molecule has 1 fully saturated rings. The number of carbonyl (C=O) groups is 1. The maximum absolute atomic E-state index is 12.0. The minimum atomic E-state index is -0.425. The highest BCUT2D eigenvalue weighted by Crippen LogP contribution is 2.32. The summed E-state index contributed by atoms with van der Waals surface area (Å²) in [5.41, 5.74) is 1.22. The molecule has 6 heteroatoms. The maximum Gasteiger partial charge on any atom is 0.274 e. The van der Waals surface area contributed by atoms with Crippen molar-refractivity contribution in [1.29, 1.82) is 0 Å². The first-order chi connectivity index (χ1) is 10.0. The van der Waals surface area contributed by atoms with Gasteiger partial charge < -0.3 is 4.57 Å². The van der Waals surface area contributed by atoms with Crippen LogP contribution in [0, 0.1) is 16.0 Å². The van der Waals surface area contributed by atoms with E-state index in [1.807, 2.05) is 0 Å². The van der Waals surface area contributed by atoms with E-state index in [0.29, 0.717) is 22.7 Å². The van der Waals surface area contributed by atoms with Gasteiger partial charge >= 0.3 is 0 Å². The van der Waals surface area contributed by atoms with Gasteiger partial charge in [0.05, 0.1) is 17.0 Å². The van der Waals surface area contributed by atoms with Gasteiger partial charge in [0.15, 0.2) is 5.78 Å². The molecule has 1 aromatic carbocycles. The molecular weight excluding hydrogens is 292 g/mol. The van der Waals surface area contributed by atoms with Crippen molar-refractivity contribution in [2.45, 2.75) is 19.4 Å². The number of rotatable bonds is 5. The number of hydrogen-bond donors (Lipinski definition) is 0. The van der Waals surface area contributed by atoms with E-state index in [1.165, 1.54) is 12.1 Å². The van der Waals surface area contributed by atoms with E-state index in [-0.39, 0.29) is 17.4 Å². The average Bonchev–Trinajstić information content (AvgIpc) is 3.18. The van der Waals surface area contributed by atoms with Crippen LogP contribution in [0.15, 0.2) is 36.7 Å². The predicted octanol–water partition coefficient (Wildman–Crippen LogP) is 3.69. The standard InChI is InChI=1S/C15H13ClN2O3/c16-13-3-4-14(18(20)21)12(7-13)9-17-6-5-11(8-17)15(19)10-1-2-10/h3-8,10H,1-2,9H2. The zero-order chi connectivity index (χ0) is 15.0. The second-order valence-electron chi connectivity index (χ2n) is 5.24. The fourth-order valence-corrected chi connectivity index (χ4v) is 2.52. The third-order valence-corrected chi connectivity index (χ3v) is 3.81. The van der Waals surface area contributed by atoms with Gasteiger partial charge in [-0.05, 0) is 31.0 Å². The van der Waals surface area contributed by atoms with Crippen molar-refractivity contribution >= 4 is 23.1 Å². The van der Waals surface area contributed by atoms with E-state index in [4.69, 9.17) is 11.6 Å². The van der Waals surface area contributed by atoms with E-state index < -0.39 is 4.92 Å². The van der Waals surface area contributed by atoms with Crippen LogP contribution in [0.4, 0.5) is 5.69 Å². The Kier molecular flexibility index (Phi) is 3.51. The molecule has 1 heterocycles. The van der Waals surface area contributed by atoms with Gasteiger partial charge in [-0.15, -0.1) is 0 Å². The molecular formula is C15H13ClN2O3. The lowest BCUT2D eigenvalue weighted by atomic mass is 10.1. The van der Waals surface area contributed by atoms with Gasteiger partial charge in [-0.25, -0.2) is 0 Å². The van der Waals surface area contributed by atoms with Gasteiger partial charge in [-0.3, -0.25) is 14.9 Å². The molecule has 0 atom stereocenters. The first kappa shape index (κ1) is 13.8. The molecule has 1 aliphatic carbocycles. The molecule has 21 heavy (non-hydrogen) atoms. The van der Waals surface area contributed by atoms with Crippen LogP contribution in [0.1, 0.15) is 28.8 Å². The number of hydrogen-bond acceptors (Lipinski definition) is 3. The predicted molar refractivity (Wildman–Crippen MR) is 78.7 cm³/mol. The van der Waals surface area contributed by atoms with Gasteiger partial charge in [0.1, 0.15) is 0 Å². The lowest BCUT2D eigenvalue weighted by molar-refractivity contribution is -0.385. The van der Waals surface area contributed by atoms with Gasteiger partial charge in [0.25, 0.3) is 5.69 Å². The molecule has 0 aliphatic heterocycles. The second kappa shape index (κ2) is 5.33. The third kappa shape index (κ3) is 2.97. The molecule has 0 saturated heterocycles. The molecule has 0 spiro atoms. The van der Waals surface area contributed by atoms with Crippen molar-refractivity contribution in [3.63, 3.8) is 0 Å². The van der Waals surface area contributed by atoms with Gasteiger partial charge in [-0.1, -0.05) is 11.6 Å². The Morgan fingerprint density at radius 3 is 2.81 bits per heavy atom. The summed E-state index contributed by atoms with van der Waals surface area (Å²) in [4.78, 5) is 22.6. The third-order valence-electron chi connectivity index (χ3n) is 3.57. The molecule has 0 radical (unpaired) electrons. The first-order valence-electron chi connectivity index (χ1n) is 6.67. The number of benzene rings is 1. The molecule has 5 nitrogen and oxygen atoms in total. The van der Waals surface area contributed by atoms with Gasteiger partial charge in [-0.2, -0.15) is 0 Å². The molecule has 3 rings (SSSR count). The van der Waals surface area contributed by atoms with Crippen molar-refractivity contribution in [3.05, 3.63) is 62.9 Å². The van der Waals surface area contributed by atoms with Crippen LogP contribution in [-0.2, 0) is 6.54 Å². The number of halogens is 1. The van der Waals surface area contributed by atoms with E-state index in [2.05, 4.69) is 0 Å². The molecule has 1 aliphatic rings. The summed E-state index contributed by atoms with van der Waals surface area (Å²) in [5, 5.41) is 11.5. The highest BCUT2D eigenvalue weighted by atomic mass is 35.5. The van der Waals surface area contributed by atoms with Crippen molar-refractivity contribution in [3.8, 4) is 0 Å². The van der Waals surface area contributed by atoms with E-state index in [0.717, 1.165) is 12.8 Å². The molecule has 1 saturated carbocycles. The lowest BCUT2D eigenvalue weighted by Crippen LogP contribution is -2.03. The fourth-order valence-electron chi connectivity index (χ4n) is 2.32. The van der Waals surface area contributed by atoms with Crippen LogP contribution >= 0.6 is 11.6 Å². The van der Waals surface area contributed by atoms with Crippen LogP contribution in [0.25, 0.3) is 0 Å². The van der Waals surface area contributed by atoms with E-state index in [1.54, 1.807) is 29.1 Å². The summed E-state index contributed by atoms with van der Waals surface area (Å²) >= 11 is 5.91. The van der Waals surface area contributed by atoms with Gasteiger partial charge in [0, 0.05) is 35.0 Å². The fraction of sp³-hybridized carbons (Fsp3) is 0.267. The summed E-state index contributed by atoms with van der Waals surface area (Å²) in [7, 11) is 0. The monoisotopic (exact) mass is 304 g/mol. The first-order valence-corrected chi connectivity index (χ1v) is 7.05. The number of ketones is 1. The summed E-state index contributed by atoms with van der Waals surface area (Å²) in [5.74, 6) is 0.329. The van der Waals surface area contributed by atoms with E-state index in [9.17, 15) is 14.9 Å². The van der Waals surface area contributed by atoms with Crippen molar-refractivity contribution < 1.29 is 9.72 Å². The van der Waals surface area contributed by atoms with Crippen LogP contribution in [0.3, 0.4) is 0 Å². The molecule has 1 aromatic heterocycles. The number of nitro benzene ring substituents is 1. The normalized spacial score (nSPS) is 14.1. The lowest BCUT2D eigenvalue weighted by Gasteiger charge is -2.05. The second-order valence-corrected chi connectivity index (χ2v) is 5.68. The minimum absolute atomic E-state index is 0.0307. The topological polar surface area (TPSA) is 65.1 Å². The van der Waals surface area contributed by atoms with Crippen molar-refractivity contribution in [2.75, 3.05) is 0 Å². The molecule has 108 valence electrons. The number of aromatic nitrogens is 1. The highest BCUT2D eigenvalue weighted by molar-refractivity contribution is 6.30. The van der Waals surface area contributed by atoms with Crippen LogP contribution in [0.2, 0.25) is 5.02 Å². The molecule has 0 unspecified atom stereocenters. The summed E-state index contributed by atoms with van der Waals surface area (Å²) in [6.45, 7) is 0.314.